The molecule has 100 valence electrons. The SMILES string of the molecule is CCOc1ccc(CCC2CCCNC2)cc1C. The Hall–Kier alpha value is -1.02. The van der Waals surface area contributed by atoms with Crippen molar-refractivity contribution in [3.8, 4) is 5.75 Å². The number of rotatable bonds is 5. The fourth-order valence-electron chi connectivity index (χ4n) is 2.73. The highest BCUT2D eigenvalue weighted by Gasteiger charge is 2.12. The predicted octanol–water partition coefficient (Wildman–Crippen LogP) is 3.33. The van der Waals surface area contributed by atoms with E-state index in [-0.39, 0.29) is 0 Å². The van der Waals surface area contributed by atoms with Gasteiger partial charge in [-0.05, 0) is 75.7 Å². The van der Waals surface area contributed by atoms with E-state index in [2.05, 4.69) is 30.4 Å². The molecule has 18 heavy (non-hydrogen) atoms. The van der Waals surface area contributed by atoms with Gasteiger partial charge in [-0.15, -0.1) is 0 Å². The summed E-state index contributed by atoms with van der Waals surface area (Å²) < 4.78 is 5.58. The average molecular weight is 247 g/mol. The van der Waals surface area contributed by atoms with Gasteiger partial charge in [-0.2, -0.15) is 0 Å². The monoisotopic (exact) mass is 247 g/mol. The molecule has 2 nitrogen and oxygen atoms in total. The molecular weight excluding hydrogens is 222 g/mol. The van der Waals surface area contributed by atoms with Gasteiger partial charge >= 0.3 is 0 Å². The summed E-state index contributed by atoms with van der Waals surface area (Å²) in [7, 11) is 0. The van der Waals surface area contributed by atoms with Crippen LogP contribution in [0.5, 0.6) is 5.75 Å². The molecule has 2 rings (SSSR count). The second-order valence-corrected chi connectivity index (χ2v) is 5.28. The van der Waals surface area contributed by atoms with E-state index in [4.69, 9.17) is 4.74 Å². The van der Waals surface area contributed by atoms with E-state index < -0.39 is 0 Å². The number of piperidine rings is 1. The Bertz CT molecular complexity index is 369. The quantitative estimate of drug-likeness (QED) is 0.861. The molecule has 1 aliphatic heterocycles. The van der Waals surface area contributed by atoms with Gasteiger partial charge in [-0.3, -0.25) is 0 Å². The number of ether oxygens (including phenoxy) is 1. The Morgan fingerprint density at radius 2 is 2.28 bits per heavy atom. The molecule has 0 spiro atoms. The van der Waals surface area contributed by atoms with Crippen molar-refractivity contribution < 1.29 is 4.74 Å². The fourth-order valence-corrected chi connectivity index (χ4v) is 2.73. The van der Waals surface area contributed by atoms with Gasteiger partial charge < -0.3 is 10.1 Å². The topological polar surface area (TPSA) is 21.3 Å². The summed E-state index contributed by atoms with van der Waals surface area (Å²) in [5.41, 5.74) is 2.71. The minimum Gasteiger partial charge on any atom is -0.494 e. The molecule has 1 unspecified atom stereocenters. The molecule has 0 radical (unpaired) electrons. The Morgan fingerprint density at radius 1 is 1.39 bits per heavy atom. The van der Waals surface area contributed by atoms with Crippen molar-refractivity contribution in [2.45, 2.75) is 39.5 Å². The summed E-state index contributed by atoms with van der Waals surface area (Å²) >= 11 is 0. The fraction of sp³-hybridized carbons (Fsp3) is 0.625. The highest BCUT2D eigenvalue weighted by Crippen LogP contribution is 2.22. The Morgan fingerprint density at radius 3 is 2.94 bits per heavy atom. The van der Waals surface area contributed by atoms with Crippen molar-refractivity contribution in [1.82, 2.24) is 5.32 Å². The van der Waals surface area contributed by atoms with Crippen LogP contribution in [0.3, 0.4) is 0 Å². The second kappa shape index (κ2) is 6.79. The largest absolute Gasteiger partial charge is 0.494 e. The first kappa shape index (κ1) is 13.4. The maximum atomic E-state index is 5.58. The van der Waals surface area contributed by atoms with Crippen LogP contribution in [0.2, 0.25) is 0 Å². The number of aryl methyl sites for hydroxylation is 2. The molecule has 0 bridgehead atoms. The Balaban J connectivity index is 1.87. The van der Waals surface area contributed by atoms with Crippen LogP contribution in [0.4, 0.5) is 0 Å². The summed E-state index contributed by atoms with van der Waals surface area (Å²) in [6, 6.07) is 6.61. The lowest BCUT2D eigenvalue weighted by molar-refractivity contribution is 0.337. The number of benzene rings is 1. The molecule has 0 amide bonds. The first-order chi connectivity index (χ1) is 8.79. The minimum atomic E-state index is 0.744. The van der Waals surface area contributed by atoms with Crippen LogP contribution in [0.1, 0.15) is 37.3 Å². The van der Waals surface area contributed by atoms with E-state index >= 15 is 0 Å². The average Bonchev–Trinajstić information content (AvgIpc) is 2.41. The first-order valence-corrected chi connectivity index (χ1v) is 7.22. The third kappa shape index (κ3) is 3.74. The highest BCUT2D eigenvalue weighted by molar-refractivity contribution is 5.36. The van der Waals surface area contributed by atoms with Gasteiger partial charge in [0.2, 0.25) is 0 Å². The van der Waals surface area contributed by atoms with Gasteiger partial charge in [0.1, 0.15) is 5.75 Å². The lowest BCUT2D eigenvalue weighted by Crippen LogP contribution is -2.29. The van der Waals surface area contributed by atoms with E-state index in [0.29, 0.717) is 0 Å². The van der Waals surface area contributed by atoms with Crippen molar-refractivity contribution in [2.24, 2.45) is 5.92 Å². The highest BCUT2D eigenvalue weighted by atomic mass is 16.5. The zero-order valence-electron chi connectivity index (χ0n) is 11.7. The normalized spacial score (nSPS) is 19.8. The number of hydrogen-bond acceptors (Lipinski definition) is 2. The van der Waals surface area contributed by atoms with E-state index in [1.165, 1.54) is 49.9 Å². The lowest BCUT2D eigenvalue weighted by atomic mass is 9.92. The van der Waals surface area contributed by atoms with Crippen molar-refractivity contribution in [3.05, 3.63) is 29.3 Å². The van der Waals surface area contributed by atoms with E-state index in [9.17, 15) is 0 Å². The van der Waals surface area contributed by atoms with E-state index in [1.54, 1.807) is 0 Å². The van der Waals surface area contributed by atoms with Gasteiger partial charge in [0.25, 0.3) is 0 Å². The van der Waals surface area contributed by atoms with Crippen molar-refractivity contribution in [3.63, 3.8) is 0 Å². The lowest BCUT2D eigenvalue weighted by Gasteiger charge is -2.22. The summed E-state index contributed by atoms with van der Waals surface area (Å²) in [5, 5.41) is 3.49. The van der Waals surface area contributed by atoms with Gasteiger partial charge in [0.05, 0.1) is 6.61 Å². The first-order valence-electron chi connectivity index (χ1n) is 7.22. The van der Waals surface area contributed by atoms with Crippen LogP contribution < -0.4 is 10.1 Å². The second-order valence-electron chi connectivity index (χ2n) is 5.28. The summed E-state index contributed by atoms with van der Waals surface area (Å²) in [6.07, 6.45) is 5.23. The standard InChI is InChI=1S/C16H25NO/c1-3-18-16-9-8-14(11-13(16)2)6-7-15-5-4-10-17-12-15/h8-9,11,15,17H,3-7,10,12H2,1-2H3. The molecule has 1 saturated heterocycles. The van der Waals surface area contributed by atoms with Crippen LogP contribution in [0, 0.1) is 12.8 Å². The molecule has 1 aromatic carbocycles. The van der Waals surface area contributed by atoms with E-state index in [1.807, 2.05) is 6.92 Å². The third-order valence-corrected chi connectivity index (χ3v) is 3.78. The van der Waals surface area contributed by atoms with Crippen molar-refractivity contribution in [1.29, 1.82) is 0 Å². The summed E-state index contributed by atoms with van der Waals surface area (Å²) in [4.78, 5) is 0. The Labute approximate surface area is 111 Å². The molecule has 1 atom stereocenters. The van der Waals surface area contributed by atoms with Crippen LogP contribution in [-0.2, 0) is 6.42 Å². The predicted molar refractivity (Wildman–Crippen MR) is 76.3 cm³/mol. The molecule has 1 heterocycles. The Kier molecular flexibility index (Phi) is 5.06. The third-order valence-electron chi connectivity index (χ3n) is 3.78. The van der Waals surface area contributed by atoms with Crippen LogP contribution in [-0.4, -0.2) is 19.7 Å². The van der Waals surface area contributed by atoms with Crippen LogP contribution >= 0.6 is 0 Å². The molecule has 1 fully saturated rings. The molecule has 1 N–H and O–H groups in total. The molecular formula is C16H25NO. The number of nitrogens with one attached hydrogen (secondary N) is 1. The maximum Gasteiger partial charge on any atom is 0.122 e. The summed E-state index contributed by atoms with van der Waals surface area (Å²) in [6.45, 7) is 7.32. The van der Waals surface area contributed by atoms with Crippen molar-refractivity contribution in [2.75, 3.05) is 19.7 Å². The molecule has 0 aliphatic carbocycles. The van der Waals surface area contributed by atoms with Crippen LogP contribution in [0.25, 0.3) is 0 Å². The smallest absolute Gasteiger partial charge is 0.122 e. The molecule has 0 aromatic heterocycles. The molecule has 1 aliphatic rings. The number of hydrogen-bond donors (Lipinski definition) is 1. The molecule has 2 heteroatoms. The van der Waals surface area contributed by atoms with Crippen molar-refractivity contribution >= 4 is 0 Å². The molecule has 0 saturated carbocycles. The van der Waals surface area contributed by atoms with Gasteiger partial charge in [0.15, 0.2) is 0 Å². The van der Waals surface area contributed by atoms with Gasteiger partial charge in [-0.1, -0.05) is 12.1 Å². The zero-order valence-corrected chi connectivity index (χ0v) is 11.7. The minimum absolute atomic E-state index is 0.744. The maximum absolute atomic E-state index is 5.58. The van der Waals surface area contributed by atoms with E-state index in [0.717, 1.165) is 18.3 Å². The molecule has 1 aromatic rings. The summed E-state index contributed by atoms with van der Waals surface area (Å²) in [5.74, 6) is 1.89. The van der Waals surface area contributed by atoms with Crippen LogP contribution in [0.15, 0.2) is 18.2 Å². The van der Waals surface area contributed by atoms with Gasteiger partial charge in [-0.25, -0.2) is 0 Å². The zero-order chi connectivity index (χ0) is 12.8. The van der Waals surface area contributed by atoms with Gasteiger partial charge in [0, 0.05) is 0 Å².